The van der Waals surface area contributed by atoms with Crippen LogP contribution < -0.4 is 10.5 Å². The van der Waals surface area contributed by atoms with Crippen LogP contribution in [-0.2, 0) is 6.54 Å². The molecule has 0 aliphatic heterocycles. The van der Waals surface area contributed by atoms with E-state index >= 15 is 0 Å². The Morgan fingerprint density at radius 1 is 1.50 bits per heavy atom. The molecule has 0 fully saturated rings. The van der Waals surface area contributed by atoms with Gasteiger partial charge in [-0.25, -0.2) is 0 Å². The second-order valence-corrected chi connectivity index (χ2v) is 6.02. The average Bonchev–Trinajstić information content (AvgIpc) is 3.01. The van der Waals surface area contributed by atoms with E-state index in [0.717, 1.165) is 29.4 Å². The van der Waals surface area contributed by atoms with Crippen molar-refractivity contribution < 1.29 is 4.74 Å². The summed E-state index contributed by atoms with van der Waals surface area (Å²) in [6.07, 6.45) is 1.74. The Labute approximate surface area is 124 Å². The fourth-order valence-corrected chi connectivity index (χ4v) is 3.08. The normalized spacial score (nSPS) is 12.9. The third-order valence-corrected chi connectivity index (χ3v) is 4.40. The van der Waals surface area contributed by atoms with Gasteiger partial charge in [-0.2, -0.15) is 5.10 Å². The minimum Gasteiger partial charge on any atom is -0.493 e. The number of hydrogen-bond acceptors (Lipinski definition) is 5. The first-order chi connectivity index (χ1) is 9.54. The molecule has 0 amide bonds. The van der Waals surface area contributed by atoms with Crippen LogP contribution in [0.25, 0.3) is 0 Å². The summed E-state index contributed by atoms with van der Waals surface area (Å²) in [5.74, 6) is 0.754. The maximum absolute atomic E-state index is 6.45. The van der Waals surface area contributed by atoms with Crippen LogP contribution in [0.1, 0.15) is 22.2 Å². The molecular weight excluding hydrogens is 272 g/mol. The fourth-order valence-electron chi connectivity index (χ4n) is 2.15. The van der Waals surface area contributed by atoms with Crippen LogP contribution in [0.5, 0.6) is 5.75 Å². The van der Waals surface area contributed by atoms with E-state index in [1.807, 2.05) is 18.8 Å². The molecule has 2 heterocycles. The molecule has 0 aliphatic rings. The topological polar surface area (TPSA) is 56.3 Å². The summed E-state index contributed by atoms with van der Waals surface area (Å²) in [5, 5.41) is 6.48. The first-order valence-corrected chi connectivity index (χ1v) is 7.46. The molecule has 2 aromatic heterocycles. The van der Waals surface area contributed by atoms with Crippen molar-refractivity contribution in [1.82, 2.24) is 14.7 Å². The van der Waals surface area contributed by atoms with Gasteiger partial charge in [0, 0.05) is 11.4 Å². The summed E-state index contributed by atoms with van der Waals surface area (Å²) in [5.41, 5.74) is 8.60. The SMILES string of the molecule is COc1cnn(CCN(C)C)c1C(N)c1sccc1C. The van der Waals surface area contributed by atoms with Crippen molar-refractivity contribution in [2.45, 2.75) is 19.5 Å². The Hall–Kier alpha value is -1.37. The number of nitrogens with zero attached hydrogens (tertiary/aromatic N) is 3. The molecule has 2 N–H and O–H groups in total. The van der Waals surface area contributed by atoms with Crippen molar-refractivity contribution in [3.8, 4) is 5.75 Å². The highest BCUT2D eigenvalue weighted by Gasteiger charge is 2.22. The van der Waals surface area contributed by atoms with E-state index in [1.54, 1.807) is 24.6 Å². The summed E-state index contributed by atoms with van der Waals surface area (Å²) in [6, 6.07) is 1.89. The highest BCUT2D eigenvalue weighted by atomic mass is 32.1. The van der Waals surface area contributed by atoms with Crippen molar-refractivity contribution in [1.29, 1.82) is 0 Å². The Balaban J connectivity index is 2.33. The van der Waals surface area contributed by atoms with Gasteiger partial charge in [0.25, 0.3) is 0 Å². The second kappa shape index (κ2) is 6.39. The molecule has 2 rings (SSSR count). The Kier molecular flexibility index (Phi) is 4.80. The maximum Gasteiger partial charge on any atom is 0.161 e. The van der Waals surface area contributed by atoms with Crippen molar-refractivity contribution in [3.05, 3.63) is 33.8 Å². The van der Waals surface area contributed by atoms with Gasteiger partial charge in [0.2, 0.25) is 0 Å². The van der Waals surface area contributed by atoms with Crippen molar-refractivity contribution >= 4 is 11.3 Å². The average molecular weight is 294 g/mol. The van der Waals surface area contributed by atoms with Crippen molar-refractivity contribution in [2.75, 3.05) is 27.7 Å². The molecule has 0 spiro atoms. The van der Waals surface area contributed by atoms with Crippen LogP contribution in [0.3, 0.4) is 0 Å². The van der Waals surface area contributed by atoms with Gasteiger partial charge < -0.3 is 15.4 Å². The molecule has 5 nitrogen and oxygen atoms in total. The summed E-state index contributed by atoms with van der Waals surface area (Å²) >= 11 is 1.68. The van der Waals surface area contributed by atoms with Crippen LogP contribution in [-0.4, -0.2) is 42.4 Å². The molecule has 0 saturated heterocycles. The third kappa shape index (κ3) is 3.03. The smallest absolute Gasteiger partial charge is 0.161 e. The largest absolute Gasteiger partial charge is 0.493 e. The minimum absolute atomic E-state index is 0.199. The standard InChI is InChI=1S/C14H22N4OS/c1-10-5-8-20-14(10)12(15)13-11(19-4)9-16-18(13)7-6-17(2)3/h5,8-9,12H,6-7,15H2,1-4H3. The molecule has 1 unspecified atom stereocenters. The maximum atomic E-state index is 6.45. The van der Waals surface area contributed by atoms with E-state index < -0.39 is 0 Å². The van der Waals surface area contributed by atoms with Gasteiger partial charge in [-0.1, -0.05) is 0 Å². The minimum atomic E-state index is -0.199. The van der Waals surface area contributed by atoms with Crippen LogP contribution in [0.15, 0.2) is 17.6 Å². The van der Waals surface area contributed by atoms with Gasteiger partial charge in [0.1, 0.15) is 5.69 Å². The number of thiophene rings is 1. The van der Waals surface area contributed by atoms with Gasteiger partial charge in [0.15, 0.2) is 5.75 Å². The number of methoxy groups -OCH3 is 1. The summed E-state index contributed by atoms with van der Waals surface area (Å²) in [4.78, 5) is 3.29. The van der Waals surface area contributed by atoms with Gasteiger partial charge in [0.05, 0.1) is 25.9 Å². The van der Waals surface area contributed by atoms with E-state index in [9.17, 15) is 0 Å². The van der Waals surface area contributed by atoms with Crippen molar-refractivity contribution in [2.24, 2.45) is 5.73 Å². The van der Waals surface area contributed by atoms with Crippen LogP contribution in [0.2, 0.25) is 0 Å². The molecule has 20 heavy (non-hydrogen) atoms. The van der Waals surface area contributed by atoms with Gasteiger partial charge in [-0.3, -0.25) is 4.68 Å². The number of nitrogens with two attached hydrogens (primary N) is 1. The van der Waals surface area contributed by atoms with E-state index in [2.05, 4.69) is 28.4 Å². The van der Waals surface area contributed by atoms with Gasteiger partial charge in [-0.05, 0) is 38.0 Å². The molecule has 0 bridgehead atoms. The zero-order chi connectivity index (χ0) is 14.7. The van der Waals surface area contributed by atoms with Crippen LogP contribution in [0, 0.1) is 6.92 Å². The van der Waals surface area contributed by atoms with Crippen LogP contribution in [0.4, 0.5) is 0 Å². The van der Waals surface area contributed by atoms with Gasteiger partial charge in [-0.15, -0.1) is 11.3 Å². The first kappa shape index (κ1) is 15.0. The van der Waals surface area contributed by atoms with E-state index in [0.29, 0.717) is 0 Å². The Morgan fingerprint density at radius 3 is 2.80 bits per heavy atom. The quantitative estimate of drug-likeness (QED) is 0.883. The zero-order valence-electron chi connectivity index (χ0n) is 12.5. The second-order valence-electron chi connectivity index (χ2n) is 5.07. The number of aryl methyl sites for hydroxylation is 1. The lowest BCUT2D eigenvalue weighted by atomic mass is 10.1. The lowest BCUT2D eigenvalue weighted by molar-refractivity contribution is 0.363. The van der Waals surface area contributed by atoms with Gasteiger partial charge >= 0.3 is 0 Å². The summed E-state index contributed by atoms with van der Waals surface area (Å²) in [7, 11) is 5.75. The molecule has 0 aromatic carbocycles. The lowest BCUT2D eigenvalue weighted by Gasteiger charge is -2.17. The van der Waals surface area contributed by atoms with E-state index in [4.69, 9.17) is 10.5 Å². The molecule has 6 heteroatoms. The molecule has 0 saturated carbocycles. The monoisotopic (exact) mass is 294 g/mol. The third-order valence-electron chi connectivity index (χ3n) is 3.30. The van der Waals surface area contributed by atoms with Crippen molar-refractivity contribution in [3.63, 3.8) is 0 Å². The summed E-state index contributed by atoms with van der Waals surface area (Å²) in [6.45, 7) is 3.79. The highest BCUT2D eigenvalue weighted by molar-refractivity contribution is 7.10. The predicted molar refractivity (Wildman–Crippen MR) is 82.4 cm³/mol. The zero-order valence-corrected chi connectivity index (χ0v) is 13.3. The number of likely N-dealkylation sites (N-methyl/N-ethyl adjacent to an activating group) is 1. The Bertz CT molecular complexity index is 561. The molecule has 110 valence electrons. The molecule has 0 radical (unpaired) electrons. The number of aromatic nitrogens is 2. The molecule has 0 aliphatic carbocycles. The molecule has 1 atom stereocenters. The van der Waals surface area contributed by atoms with E-state index in [-0.39, 0.29) is 6.04 Å². The molecular formula is C14H22N4OS. The number of ether oxygens (including phenoxy) is 1. The fraction of sp³-hybridized carbons (Fsp3) is 0.500. The molecule has 2 aromatic rings. The number of rotatable bonds is 6. The first-order valence-electron chi connectivity index (χ1n) is 6.58. The highest BCUT2D eigenvalue weighted by Crippen LogP contribution is 2.32. The lowest BCUT2D eigenvalue weighted by Crippen LogP contribution is -2.23. The number of hydrogen-bond donors (Lipinski definition) is 1. The predicted octanol–water partition coefficient (Wildman–Crippen LogP) is 1.87. The van der Waals surface area contributed by atoms with Crippen LogP contribution >= 0.6 is 11.3 Å². The summed E-state index contributed by atoms with van der Waals surface area (Å²) < 4.78 is 7.37. The van der Waals surface area contributed by atoms with E-state index in [1.165, 1.54) is 5.56 Å². The Morgan fingerprint density at radius 2 is 2.25 bits per heavy atom.